The van der Waals surface area contributed by atoms with Crippen LogP contribution >= 0.6 is 0 Å². The maximum absolute atomic E-state index is 13.4. The molecule has 2 amide bonds. The molecule has 1 saturated heterocycles. The fraction of sp³-hybridized carbons (Fsp3) is 0.720. The topological polar surface area (TPSA) is 72.0 Å². The first-order valence-corrected chi connectivity index (χ1v) is 11.9. The first-order chi connectivity index (χ1) is 15.0. The number of ether oxygens (including phenoxy) is 2. The Kier molecular flexibility index (Phi) is 7.36. The fourth-order valence-corrected chi connectivity index (χ4v) is 4.56. The summed E-state index contributed by atoms with van der Waals surface area (Å²) in [7, 11) is 0. The van der Waals surface area contributed by atoms with Crippen molar-refractivity contribution >= 4 is 18.0 Å². The van der Waals surface area contributed by atoms with Gasteiger partial charge in [-0.05, 0) is 73.3 Å². The Morgan fingerprint density at radius 2 is 1.62 bits per heavy atom. The van der Waals surface area contributed by atoms with Crippen LogP contribution in [0.4, 0.5) is 15.4 Å². The van der Waals surface area contributed by atoms with E-state index >= 15 is 0 Å². The van der Waals surface area contributed by atoms with E-state index in [-0.39, 0.29) is 24.3 Å². The Morgan fingerprint density at radius 3 is 2.25 bits per heavy atom. The van der Waals surface area contributed by atoms with E-state index in [1.807, 2.05) is 53.7 Å². The van der Waals surface area contributed by atoms with Crippen molar-refractivity contribution in [1.82, 2.24) is 9.88 Å². The number of hydrogen-bond acceptors (Lipinski definition) is 5. The summed E-state index contributed by atoms with van der Waals surface area (Å²) in [5, 5.41) is 0. The SMILES string of the molecule is CC(C)(C)OC(=O)N(c1ncccc1[C@@H]1CCCN1C(=O)OC(C)(C)C)C1CCCCC1. The van der Waals surface area contributed by atoms with Crippen LogP contribution in [0.5, 0.6) is 0 Å². The van der Waals surface area contributed by atoms with Crippen molar-refractivity contribution in [2.45, 2.75) is 110 Å². The predicted octanol–water partition coefficient (Wildman–Crippen LogP) is 6.23. The number of likely N-dealkylation sites (tertiary alicyclic amines) is 1. The molecule has 2 aliphatic rings. The van der Waals surface area contributed by atoms with Crippen LogP contribution in [0.1, 0.15) is 98.1 Å². The zero-order chi connectivity index (χ0) is 23.5. The highest BCUT2D eigenvalue weighted by Crippen LogP contribution is 2.39. The number of hydrogen-bond donors (Lipinski definition) is 0. The van der Waals surface area contributed by atoms with Gasteiger partial charge in [0.15, 0.2) is 0 Å². The molecule has 0 unspecified atom stereocenters. The molecule has 2 heterocycles. The van der Waals surface area contributed by atoms with Gasteiger partial charge in [0.25, 0.3) is 0 Å². The summed E-state index contributed by atoms with van der Waals surface area (Å²) in [6.45, 7) is 11.9. The first kappa shape index (κ1) is 24.3. The summed E-state index contributed by atoms with van der Waals surface area (Å²) in [5.41, 5.74) is -0.283. The normalized spacial score (nSPS) is 20.2. The van der Waals surface area contributed by atoms with E-state index in [4.69, 9.17) is 9.47 Å². The molecule has 7 heteroatoms. The van der Waals surface area contributed by atoms with Crippen LogP contribution in [0.15, 0.2) is 18.3 Å². The third-order valence-corrected chi connectivity index (χ3v) is 5.81. The largest absolute Gasteiger partial charge is 0.444 e. The lowest BCUT2D eigenvalue weighted by molar-refractivity contribution is 0.0224. The highest BCUT2D eigenvalue weighted by molar-refractivity contribution is 5.88. The van der Waals surface area contributed by atoms with Gasteiger partial charge in [-0.2, -0.15) is 0 Å². The first-order valence-electron chi connectivity index (χ1n) is 11.9. The second-order valence-electron chi connectivity index (χ2n) is 10.9. The van der Waals surface area contributed by atoms with Gasteiger partial charge in [-0.25, -0.2) is 14.6 Å². The van der Waals surface area contributed by atoms with E-state index in [1.54, 1.807) is 16.0 Å². The zero-order valence-corrected chi connectivity index (χ0v) is 20.5. The molecule has 0 spiro atoms. The van der Waals surface area contributed by atoms with Crippen LogP contribution in [-0.2, 0) is 9.47 Å². The lowest BCUT2D eigenvalue weighted by Gasteiger charge is -2.37. The molecule has 1 saturated carbocycles. The molecule has 178 valence electrons. The molecular formula is C25H39N3O4. The number of nitrogens with zero attached hydrogens (tertiary/aromatic N) is 3. The number of carbonyl (C=O) groups is 2. The van der Waals surface area contributed by atoms with Gasteiger partial charge in [-0.3, -0.25) is 4.90 Å². The number of carbonyl (C=O) groups excluding carboxylic acids is 2. The lowest BCUT2D eigenvalue weighted by atomic mass is 9.93. The van der Waals surface area contributed by atoms with E-state index in [2.05, 4.69) is 4.98 Å². The number of amides is 2. The molecule has 3 rings (SSSR count). The Hall–Kier alpha value is -2.31. The predicted molar refractivity (Wildman–Crippen MR) is 125 cm³/mol. The molecule has 32 heavy (non-hydrogen) atoms. The van der Waals surface area contributed by atoms with Gasteiger partial charge in [-0.15, -0.1) is 0 Å². The van der Waals surface area contributed by atoms with Gasteiger partial charge in [0.05, 0.1) is 6.04 Å². The zero-order valence-electron chi connectivity index (χ0n) is 20.5. The molecule has 0 bridgehead atoms. The van der Waals surface area contributed by atoms with E-state index in [0.717, 1.165) is 44.1 Å². The molecule has 0 aromatic carbocycles. The van der Waals surface area contributed by atoms with Gasteiger partial charge < -0.3 is 14.4 Å². The highest BCUT2D eigenvalue weighted by Gasteiger charge is 2.38. The van der Waals surface area contributed by atoms with Crippen LogP contribution in [-0.4, -0.2) is 45.9 Å². The van der Waals surface area contributed by atoms with Gasteiger partial charge in [0.2, 0.25) is 0 Å². The van der Waals surface area contributed by atoms with Crippen LogP contribution < -0.4 is 4.90 Å². The molecule has 1 aliphatic heterocycles. The van der Waals surface area contributed by atoms with Crippen LogP contribution in [0.25, 0.3) is 0 Å². The molecule has 1 atom stereocenters. The van der Waals surface area contributed by atoms with Crippen molar-refractivity contribution in [3.05, 3.63) is 23.9 Å². The third kappa shape index (κ3) is 6.14. The Labute approximate surface area is 192 Å². The minimum absolute atomic E-state index is 0.0450. The standard InChI is InChI=1S/C25H39N3O4/c1-24(2,3)31-22(29)27-17-11-15-20(27)19-14-10-16-26-21(19)28(18-12-8-7-9-13-18)23(30)32-25(4,5)6/h10,14,16,18,20H,7-9,11-13,15,17H2,1-6H3/t20-/m0/s1. The van der Waals surface area contributed by atoms with E-state index in [1.165, 1.54) is 6.42 Å². The van der Waals surface area contributed by atoms with Crippen molar-refractivity contribution in [3.63, 3.8) is 0 Å². The molecule has 7 nitrogen and oxygen atoms in total. The molecule has 0 N–H and O–H groups in total. The van der Waals surface area contributed by atoms with E-state index in [0.29, 0.717) is 12.4 Å². The van der Waals surface area contributed by atoms with Crippen molar-refractivity contribution in [2.24, 2.45) is 0 Å². The highest BCUT2D eigenvalue weighted by atomic mass is 16.6. The second-order valence-corrected chi connectivity index (χ2v) is 10.9. The van der Waals surface area contributed by atoms with Crippen LogP contribution in [0.3, 0.4) is 0 Å². The molecular weight excluding hydrogens is 406 g/mol. The quantitative estimate of drug-likeness (QED) is 0.552. The second kappa shape index (κ2) is 9.67. The summed E-state index contributed by atoms with van der Waals surface area (Å²) < 4.78 is 11.5. The average molecular weight is 446 g/mol. The summed E-state index contributed by atoms with van der Waals surface area (Å²) in [6.07, 6.45) is 7.92. The number of rotatable bonds is 3. The Balaban J connectivity index is 1.97. The molecule has 1 aliphatic carbocycles. The number of anilines is 1. The van der Waals surface area contributed by atoms with Gasteiger partial charge in [-0.1, -0.05) is 25.3 Å². The van der Waals surface area contributed by atoms with Gasteiger partial charge in [0, 0.05) is 24.3 Å². The summed E-state index contributed by atoms with van der Waals surface area (Å²) in [4.78, 5) is 34.5. The molecule has 2 fully saturated rings. The number of pyridine rings is 1. The lowest BCUT2D eigenvalue weighted by Crippen LogP contribution is -2.46. The summed E-state index contributed by atoms with van der Waals surface area (Å²) in [5.74, 6) is 0.606. The van der Waals surface area contributed by atoms with Crippen molar-refractivity contribution in [3.8, 4) is 0 Å². The van der Waals surface area contributed by atoms with Crippen LogP contribution in [0.2, 0.25) is 0 Å². The van der Waals surface area contributed by atoms with E-state index in [9.17, 15) is 9.59 Å². The maximum Gasteiger partial charge on any atom is 0.416 e. The summed E-state index contributed by atoms with van der Waals surface area (Å²) >= 11 is 0. The maximum atomic E-state index is 13.4. The molecule has 1 aromatic heterocycles. The molecule has 0 radical (unpaired) electrons. The van der Waals surface area contributed by atoms with Gasteiger partial charge >= 0.3 is 12.2 Å². The van der Waals surface area contributed by atoms with E-state index < -0.39 is 11.2 Å². The smallest absolute Gasteiger partial charge is 0.416 e. The fourth-order valence-electron chi connectivity index (χ4n) is 4.56. The third-order valence-electron chi connectivity index (χ3n) is 5.81. The summed E-state index contributed by atoms with van der Waals surface area (Å²) in [6, 6.07) is 3.72. The minimum Gasteiger partial charge on any atom is -0.444 e. The van der Waals surface area contributed by atoms with Crippen molar-refractivity contribution < 1.29 is 19.1 Å². The monoisotopic (exact) mass is 445 g/mol. The Bertz CT molecular complexity index is 806. The van der Waals surface area contributed by atoms with Crippen molar-refractivity contribution in [1.29, 1.82) is 0 Å². The van der Waals surface area contributed by atoms with Crippen molar-refractivity contribution in [2.75, 3.05) is 11.4 Å². The minimum atomic E-state index is -0.602. The van der Waals surface area contributed by atoms with Crippen LogP contribution in [0, 0.1) is 0 Å². The Morgan fingerprint density at radius 1 is 0.969 bits per heavy atom. The number of aromatic nitrogens is 1. The van der Waals surface area contributed by atoms with Gasteiger partial charge in [0.1, 0.15) is 17.0 Å². The molecule has 1 aromatic rings. The average Bonchev–Trinajstić information content (AvgIpc) is 3.17.